The molecule has 0 fully saturated rings. The van der Waals surface area contributed by atoms with Gasteiger partial charge in [-0.05, 0) is 16.7 Å². The van der Waals surface area contributed by atoms with E-state index >= 15 is 0 Å². The molecule has 3 nitrogen and oxygen atoms in total. The van der Waals surface area contributed by atoms with Crippen molar-refractivity contribution in [2.24, 2.45) is 0 Å². The van der Waals surface area contributed by atoms with Gasteiger partial charge < -0.3 is 10.4 Å². The monoisotopic (exact) mass is 267 g/mol. The third-order valence-electron chi connectivity index (χ3n) is 2.90. The number of carboxylic acid groups (broad SMARTS) is 1. The van der Waals surface area contributed by atoms with Gasteiger partial charge in [-0.2, -0.15) is 0 Å². The summed E-state index contributed by atoms with van der Waals surface area (Å²) in [5, 5.41) is 11.5. The van der Waals surface area contributed by atoms with Gasteiger partial charge in [0.15, 0.2) is 0 Å². The van der Waals surface area contributed by atoms with Gasteiger partial charge in [0.05, 0.1) is 6.54 Å². The molecule has 0 aromatic heterocycles. The van der Waals surface area contributed by atoms with Crippen LogP contribution in [0.5, 0.6) is 0 Å². The molecule has 0 aliphatic rings. The molecule has 0 bridgehead atoms. The molecular formula is C17H17NO2. The highest BCUT2D eigenvalue weighted by Crippen LogP contribution is 2.22. The first-order valence-electron chi connectivity index (χ1n) is 6.51. The number of carbonyl (C=O) groups is 1. The predicted molar refractivity (Wildman–Crippen MR) is 80.5 cm³/mol. The van der Waals surface area contributed by atoms with Gasteiger partial charge in [-0.15, -0.1) is 0 Å². The fourth-order valence-electron chi connectivity index (χ4n) is 1.99. The van der Waals surface area contributed by atoms with Crippen molar-refractivity contribution in [2.45, 2.75) is 0 Å². The lowest BCUT2D eigenvalue weighted by atomic mass is 9.98. The van der Waals surface area contributed by atoms with E-state index in [1.807, 2.05) is 42.5 Å². The van der Waals surface area contributed by atoms with Crippen LogP contribution in [0, 0.1) is 0 Å². The minimum atomic E-state index is -0.848. The molecule has 2 N–H and O–H groups in total. The zero-order valence-corrected chi connectivity index (χ0v) is 11.1. The standard InChI is InChI=1S/C17H17NO2/c19-17(20)13-18-12-11-16(14-7-3-1-4-8-14)15-9-5-2-6-10-15/h1-11,18H,12-13H2,(H,19,20). The van der Waals surface area contributed by atoms with Crippen LogP contribution < -0.4 is 5.32 Å². The Morgan fingerprint density at radius 1 is 0.950 bits per heavy atom. The highest BCUT2D eigenvalue weighted by molar-refractivity contribution is 5.79. The summed E-state index contributed by atoms with van der Waals surface area (Å²) in [6.45, 7) is 0.485. The van der Waals surface area contributed by atoms with Gasteiger partial charge in [-0.25, -0.2) is 0 Å². The Kier molecular flexibility index (Phi) is 5.09. The zero-order valence-electron chi connectivity index (χ0n) is 11.1. The third-order valence-corrected chi connectivity index (χ3v) is 2.90. The number of rotatable bonds is 6. The van der Waals surface area contributed by atoms with Crippen molar-refractivity contribution < 1.29 is 9.90 Å². The molecule has 2 aromatic carbocycles. The summed E-state index contributed by atoms with van der Waals surface area (Å²) < 4.78 is 0. The normalized spacial score (nSPS) is 10.0. The summed E-state index contributed by atoms with van der Waals surface area (Å²) in [6, 6.07) is 20.2. The van der Waals surface area contributed by atoms with Crippen LogP contribution >= 0.6 is 0 Å². The van der Waals surface area contributed by atoms with Crippen molar-refractivity contribution in [1.82, 2.24) is 5.32 Å². The maximum absolute atomic E-state index is 10.5. The van der Waals surface area contributed by atoms with Gasteiger partial charge in [0.25, 0.3) is 0 Å². The average Bonchev–Trinajstić information content (AvgIpc) is 2.49. The molecule has 0 amide bonds. The second kappa shape index (κ2) is 7.26. The molecule has 20 heavy (non-hydrogen) atoms. The molecular weight excluding hydrogens is 250 g/mol. The fourth-order valence-corrected chi connectivity index (χ4v) is 1.99. The first-order chi connectivity index (χ1) is 9.77. The summed E-state index contributed by atoms with van der Waals surface area (Å²) in [7, 11) is 0. The van der Waals surface area contributed by atoms with Crippen LogP contribution in [0.25, 0.3) is 5.57 Å². The highest BCUT2D eigenvalue weighted by Gasteiger charge is 2.03. The van der Waals surface area contributed by atoms with Gasteiger partial charge in [-0.1, -0.05) is 66.7 Å². The van der Waals surface area contributed by atoms with Crippen molar-refractivity contribution in [1.29, 1.82) is 0 Å². The molecule has 0 aliphatic heterocycles. The molecule has 0 saturated heterocycles. The maximum Gasteiger partial charge on any atom is 0.317 e. The Hall–Kier alpha value is -2.39. The number of nitrogens with one attached hydrogen (secondary N) is 1. The molecule has 0 unspecified atom stereocenters. The summed E-state index contributed by atoms with van der Waals surface area (Å²) >= 11 is 0. The number of hydrogen-bond acceptors (Lipinski definition) is 2. The van der Waals surface area contributed by atoms with Gasteiger partial charge in [0.2, 0.25) is 0 Å². The van der Waals surface area contributed by atoms with Crippen LogP contribution in [0.3, 0.4) is 0 Å². The van der Waals surface area contributed by atoms with Crippen LogP contribution in [0.2, 0.25) is 0 Å². The van der Waals surface area contributed by atoms with E-state index < -0.39 is 5.97 Å². The van der Waals surface area contributed by atoms with Crippen LogP contribution in [-0.4, -0.2) is 24.2 Å². The zero-order chi connectivity index (χ0) is 14.2. The second-order valence-corrected chi connectivity index (χ2v) is 4.37. The molecule has 0 saturated carbocycles. The Morgan fingerprint density at radius 2 is 1.45 bits per heavy atom. The number of hydrogen-bond donors (Lipinski definition) is 2. The minimum Gasteiger partial charge on any atom is -0.480 e. The van der Waals surface area contributed by atoms with Crippen molar-refractivity contribution in [3.8, 4) is 0 Å². The summed E-state index contributed by atoms with van der Waals surface area (Å²) in [6.07, 6.45) is 2.02. The minimum absolute atomic E-state index is 0.0344. The van der Waals surface area contributed by atoms with Gasteiger partial charge in [0, 0.05) is 6.54 Å². The van der Waals surface area contributed by atoms with E-state index in [1.165, 1.54) is 0 Å². The Morgan fingerprint density at radius 3 is 1.90 bits per heavy atom. The summed E-state index contributed by atoms with van der Waals surface area (Å²) in [4.78, 5) is 10.5. The fraction of sp³-hybridized carbons (Fsp3) is 0.118. The van der Waals surface area contributed by atoms with E-state index in [-0.39, 0.29) is 6.54 Å². The molecule has 0 radical (unpaired) electrons. The second-order valence-electron chi connectivity index (χ2n) is 4.37. The van der Waals surface area contributed by atoms with Crippen LogP contribution in [0.4, 0.5) is 0 Å². The number of carboxylic acids is 1. The maximum atomic E-state index is 10.5. The van der Waals surface area contributed by atoms with Crippen molar-refractivity contribution in [3.05, 3.63) is 77.9 Å². The first kappa shape index (κ1) is 14.0. The third kappa shape index (κ3) is 4.07. The van der Waals surface area contributed by atoms with Gasteiger partial charge in [0.1, 0.15) is 0 Å². The van der Waals surface area contributed by atoms with E-state index in [0.717, 1.165) is 16.7 Å². The average molecular weight is 267 g/mol. The van der Waals surface area contributed by atoms with Gasteiger partial charge in [-0.3, -0.25) is 4.79 Å². The predicted octanol–water partition coefficient (Wildman–Crippen LogP) is 2.79. The molecule has 0 atom stereocenters. The smallest absolute Gasteiger partial charge is 0.317 e. The SMILES string of the molecule is O=C(O)CNCC=C(c1ccccc1)c1ccccc1. The topological polar surface area (TPSA) is 49.3 Å². The molecule has 3 heteroatoms. The lowest BCUT2D eigenvalue weighted by Crippen LogP contribution is -2.22. The van der Waals surface area contributed by atoms with Crippen molar-refractivity contribution in [2.75, 3.05) is 13.1 Å². The molecule has 0 heterocycles. The molecule has 2 aromatic rings. The van der Waals surface area contributed by atoms with E-state index in [1.54, 1.807) is 0 Å². The Balaban J connectivity index is 2.21. The van der Waals surface area contributed by atoms with E-state index in [9.17, 15) is 4.79 Å². The lowest BCUT2D eigenvalue weighted by molar-refractivity contribution is -0.135. The van der Waals surface area contributed by atoms with E-state index in [4.69, 9.17) is 5.11 Å². The summed E-state index contributed by atoms with van der Waals surface area (Å²) in [5.41, 5.74) is 3.34. The van der Waals surface area contributed by atoms with Crippen molar-refractivity contribution >= 4 is 11.5 Å². The van der Waals surface area contributed by atoms with Crippen molar-refractivity contribution in [3.63, 3.8) is 0 Å². The molecule has 0 aliphatic carbocycles. The van der Waals surface area contributed by atoms with Gasteiger partial charge >= 0.3 is 5.97 Å². The Labute approximate surface area is 118 Å². The van der Waals surface area contributed by atoms with E-state index in [2.05, 4.69) is 29.6 Å². The largest absolute Gasteiger partial charge is 0.480 e. The lowest BCUT2D eigenvalue weighted by Gasteiger charge is -2.09. The number of benzene rings is 2. The summed E-state index contributed by atoms with van der Waals surface area (Å²) in [5.74, 6) is -0.848. The number of aliphatic carboxylic acids is 1. The first-order valence-corrected chi connectivity index (χ1v) is 6.51. The van der Waals surface area contributed by atoms with E-state index in [0.29, 0.717) is 6.54 Å². The molecule has 0 spiro atoms. The molecule has 2 rings (SSSR count). The quantitative estimate of drug-likeness (QED) is 0.791. The van der Waals surface area contributed by atoms with Crippen LogP contribution in [-0.2, 0) is 4.79 Å². The Bertz CT molecular complexity index is 535. The molecule has 102 valence electrons. The van der Waals surface area contributed by atoms with Crippen LogP contribution in [0.15, 0.2) is 66.7 Å². The van der Waals surface area contributed by atoms with Crippen LogP contribution in [0.1, 0.15) is 11.1 Å². The highest BCUT2D eigenvalue weighted by atomic mass is 16.4.